The third kappa shape index (κ3) is 7.13. The first-order valence-electron chi connectivity index (χ1n) is 14.7. The molecular formula is C33H37N3O9P+. The van der Waals surface area contributed by atoms with Crippen LogP contribution in [0.1, 0.15) is 34.9 Å². The summed E-state index contributed by atoms with van der Waals surface area (Å²) in [5.41, 5.74) is 5.92. The molecule has 2 heterocycles. The van der Waals surface area contributed by atoms with Gasteiger partial charge >= 0.3 is 13.9 Å². The predicted molar refractivity (Wildman–Crippen MR) is 170 cm³/mol. The van der Waals surface area contributed by atoms with Crippen LogP contribution in [0.2, 0.25) is 0 Å². The third-order valence-electron chi connectivity index (χ3n) is 7.80. The highest BCUT2D eigenvalue weighted by Crippen LogP contribution is 2.46. The molecular weight excluding hydrogens is 613 g/mol. The minimum atomic E-state index is -2.49. The summed E-state index contributed by atoms with van der Waals surface area (Å²) in [7, 11) is 0.708. The molecule has 1 aliphatic rings. The van der Waals surface area contributed by atoms with Crippen molar-refractivity contribution in [2.24, 2.45) is 5.73 Å². The Balaban J connectivity index is 1.63. The smallest absolute Gasteiger partial charge is 0.497 e. The number of nitrogens with zero attached hydrogens (tertiary/aromatic N) is 1. The van der Waals surface area contributed by atoms with Gasteiger partial charge < -0.3 is 24.7 Å². The average molecular weight is 651 g/mol. The number of nitrogens with two attached hydrogens (primary N) is 1. The van der Waals surface area contributed by atoms with Gasteiger partial charge in [0.2, 0.25) is 0 Å². The molecule has 0 aliphatic carbocycles. The molecule has 1 unspecified atom stereocenters. The number of aromatic amines is 1. The molecule has 1 aliphatic heterocycles. The molecule has 0 bridgehead atoms. The van der Waals surface area contributed by atoms with Crippen molar-refractivity contribution in [3.63, 3.8) is 0 Å². The van der Waals surface area contributed by atoms with Crippen LogP contribution in [0.3, 0.4) is 0 Å². The minimum absolute atomic E-state index is 0.0569. The summed E-state index contributed by atoms with van der Waals surface area (Å²) in [5, 5.41) is 0. The van der Waals surface area contributed by atoms with E-state index in [1.165, 1.54) is 10.8 Å². The van der Waals surface area contributed by atoms with Crippen molar-refractivity contribution in [2.45, 2.75) is 37.4 Å². The molecule has 1 fully saturated rings. The second kappa shape index (κ2) is 15.0. The Morgan fingerprint density at radius 2 is 1.50 bits per heavy atom. The van der Waals surface area contributed by atoms with E-state index in [1.54, 1.807) is 21.1 Å². The van der Waals surface area contributed by atoms with Crippen LogP contribution in [0.15, 0.2) is 94.6 Å². The molecule has 13 heteroatoms. The molecule has 3 N–H and O–H groups in total. The maximum Gasteiger partial charge on any atom is 0.697 e. The maximum atomic E-state index is 12.9. The van der Waals surface area contributed by atoms with Gasteiger partial charge in [0.05, 0.1) is 20.3 Å². The summed E-state index contributed by atoms with van der Waals surface area (Å²) < 4.78 is 49.0. The maximum absolute atomic E-state index is 12.9. The molecule has 242 valence electrons. The number of H-pyrrole nitrogens is 1. The van der Waals surface area contributed by atoms with Gasteiger partial charge in [-0.1, -0.05) is 54.6 Å². The van der Waals surface area contributed by atoms with Gasteiger partial charge in [0, 0.05) is 29.3 Å². The summed E-state index contributed by atoms with van der Waals surface area (Å²) >= 11 is 0. The van der Waals surface area contributed by atoms with Crippen LogP contribution in [0.25, 0.3) is 0 Å². The lowest BCUT2D eigenvalue weighted by Crippen LogP contribution is -2.41. The predicted octanol–water partition coefficient (Wildman–Crippen LogP) is 4.18. The van der Waals surface area contributed by atoms with Crippen LogP contribution in [-0.2, 0) is 28.7 Å². The first kappa shape index (κ1) is 33.2. The van der Waals surface area contributed by atoms with Gasteiger partial charge in [0.1, 0.15) is 42.6 Å². The lowest BCUT2D eigenvalue weighted by Gasteiger charge is -2.39. The highest BCUT2D eigenvalue weighted by molar-refractivity contribution is 7.33. The SMILES string of the molecule is COc1ccc(C(O[C@H]2C[C@H](n3cc(C)c(=O)[nH]c3=O)O[C@@H]2CO[P+](=O)OCCN)(c2ccccc2)c2ccc(OC)cc2)cc1. The lowest BCUT2D eigenvalue weighted by molar-refractivity contribution is -0.0968. The van der Waals surface area contributed by atoms with Crippen LogP contribution >= 0.6 is 8.25 Å². The Morgan fingerprint density at radius 1 is 0.913 bits per heavy atom. The third-order valence-corrected chi connectivity index (χ3v) is 8.55. The number of methoxy groups -OCH3 is 2. The van der Waals surface area contributed by atoms with Crippen molar-refractivity contribution in [3.05, 3.63) is 128 Å². The Morgan fingerprint density at radius 3 is 2.07 bits per heavy atom. The van der Waals surface area contributed by atoms with E-state index in [1.807, 2.05) is 78.9 Å². The molecule has 5 rings (SSSR count). The summed E-state index contributed by atoms with van der Waals surface area (Å²) in [6.07, 6.45) is -0.699. The number of hydrogen-bond donors (Lipinski definition) is 2. The summed E-state index contributed by atoms with van der Waals surface area (Å²) in [5.74, 6) is 1.34. The molecule has 4 aromatic rings. The van der Waals surface area contributed by atoms with Gasteiger partial charge in [0.25, 0.3) is 5.56 Å². The number of aryl methyl sites for hydroxylation is 1. The van der Waals surface area contributed by atoms with Crippen molar-refractivity contribution >= 4 is 8.25 Å². The van der Waals surface area contributed by atoms with E-state index in [0.717, 1.165) is 16.7 Å². The van der Waals surface area contributed by atoms with Crippen molar-refractivity contribution in [2.75, 3.05) is 34.0 Å². The molecule has 3 aromatic carbocycles. The first-order chi connectivity index (χ1) is 22.3. The van der Waals surface area contributed by atoms with Crippen molar-refractivity contribution in [1.29, 1.82) is 0 Å². The van der Waals surface area contributed by atoms with Gasteiger partial charge in [-0.25, -0.2) is 4.79 Å². The summed E-state index contributed by atoms with van der Waals surface area (Å²) in [6.45, 7) is 1.66. The van der Waals surface area contributed by atoms with E-state index in [9.17, 15) is 14.2 Å². The van der Waals surface area contributed by atoms with Crippen molar-refractivity contribution in [3.8, 4) is 11.5 Å². The highest BCUT2D eigenvalue weighted by atomic mass is 31.1. The Bertz CT molecular complexity index is 1680. The van der Waals surface area contributed by atoms with E-state index in [4.69, 9.17) is 33.7 Å². The normalized spacial score (nSPS) is 18.3. The van der Waals surface area contributed by atoms with E-state index in [-0.39, 0.29) is 26.2 Å². The number of benzene rings is 3. The average Bonchev–Trinajstić information content (AvgIpc) is 3.49. The Labute approximate surface area is 266 Å². The van der Waals surface area contributed by atoms with Crippen molar-refractivity contribution in [1.82, 2.24) is 9.55 Å². The zero-order valence-corrected chi connectivity index (χ0v) is 26.7. The van der Waals surface area contributed by atoms with Crippen molar-refractivity contribution < 1.29 is 32.6 Å². The largest absolute Gasteiger partial charge is 0.697 e. The van der Waals surface area contributed by atoms with E-state index >= 15 is 0 Å². The van der Waals surface area contributed by atoms with Crippen LogP contribution in [0.4, 0.5) is 0 Å². The minimum Gasteiger partial charge on any atom is -0.497 e. The fourth-order valence-electron chi connectivity index (χ4n) is 5.50. The standard InChI is InChI=1S/C33H36N3O9P/c1-22-20-36(32(38)35-31(22)37)30-19-28(29(44-30)21-43-46(39)42-18-17-34)45-33(23-7-5-4-6-8-23,24-9-13-26(40-2)14-10-24)25-11-15-27(41-3)16-12-25/h4-16,20,28-30H,17-19,21,34H2,1-3H3/p+1/t28-,29+,30+/m0/s1. The molecule has 0 amide bonds. The summed E-state index contributed by atoms with van der Waals surface area (Å²) in [6, 6.07) is 24.9. The molecule has 4 atom stereocenters. The fraction of sp³-hybridized carbons (Fsp3) is 0.333. The van der Waals surface area contributed by atoms with E-state index in [2.05, 4.69) is 4.98 Å². The molecule has 1 saturated heterocycles. The zero-order valence-electron chi connectivity index (χ0n) is 25.8. The van der Waals surface area contributed by atoms with Gasteiger partial charge in [0.15, 0.2) is 0 Å². The topological polar surface area (TPSA) is 153 Å². The Hall–Kier alpha value is -4.16. The molecule has 46 heavy (non-hydrogen) atoms. The lowest BCUT2D eigenvalue weighted by atomic mass is 9.79. The quantitative estimate of drug-likeness (QED) is 0.150. The molecule has 0 spiro atoms. The van der Waals surface area contributed by atoms with Crippen LogP contribution in [-0.4, -0.2) is 55.7 Å². The van der Waals surface area contributed by atoms with Gasteiger partial charge in [-0.15, -0.1) is 9.05 Å². The monoisotopic (exact) mass is 650 g/mol. The highest BCUT2D eigenvalue weighted by Gasteiger charge is 2.47. The van der Waals surface area contributed by atoms with Crippen LogP contribution in [0.5, 0.6) is 11.5 Å². The molecule has 0 saturated carbocycles. The number of aromatic nitrogens is 2. The van der Waals surface area contributed by atoms with Crippen LogP contribution in [0, 0.1) is 6.92 Å². The molecule has 1 aromatic heterocycles. The summed E-state index contributed by atoms with van der Waals surface area (Å²) in [4.78, 5) is 27.4. The van der Waals surface area contributed by atoms with Crippen LogP contribution < -0.4 is 26.5 Å². The van der Waals surface area contributed by atoms with E-state index in [0.29, 0.717) is 17.1 Å². The van der Waals surface area contributed by atoms with Gasteiger partial charge in [-0.3, -0.25) is 14.3 Å². The van der Waals surface area contributed by atoms with Gasteiger partial charge in [-0.2, -0.15) is 0 Å². The van der Waals surface area contributed by atoms with Gasteiger partial charge in [-0.05, 0) is 47.9 Å². The molecule has 12 nitrogen and oxygen atoms in total. The zero-order chi connectivity index (χ0) is 32.7. The number of nitrogens with one attached hydrogen (secondary N) is 1. The fourth-order valence-corrected chi connectivity index (χ4v) is 6.10. The Kier molecular flexibility index (Phi) is 10.8. The number of ether oxygens (including phenoxy) is 4. The van der Waals surface area contributed by atoms with E-state index < -0.39 is 43.5 Å². The second-order valence-electron chi connectivity index (χ2n) is 10.6. The second-order valence-corrected chi connectivity index (χ2v) is 11.6. The molecule has 0 radical (unpaired) electrons. The first-order valence-corrected chi connectivity index (χ1v) is 15.8. The number of hydrogen-bond acceptors (Lipinski definition) is 10. The number of rotatable bonds is 14.